The Hall–Kier alpha value is -1.96. The summed E-state index contributed by atoms with van der Waals surface area (Å²) in [5, 5.41) is 10.2. The van der Waals surface area contributed by atoms with Crippen LogP contribution in [0.15, 0.2) is 54.6 Å². The van der Waals surface area contributed by atoms with E-state index >= 15 is 0 Å². The molecule has 0 aliphatic rings. The lowest BCUT2D eigenvalue weighted by atomic mass is 9.89. The number of unbranched alkanes of at least 4 members (excludes halogenated alkanes) is 3. The molecule has 0 aromatic heterocycles. The number of para-hydroxylation sites is 2. The number of phenolic OH excluding ortho intramolecular Hbond substituents is 1. The molecular formula is C20H26O2. The summed E-state index contributed by atoms with van der Waals surface area (Å²) in [4.78, 5) is 0. The molecule has 118 valence electrons. The van der Waals surface area contributed by atoms with E-state index in [9.17, 15) is 5.11 Å². The van der Waals surface area contributed by atoms with Gasteiger partial charge in [-0.1, -0.05) is 62.6 Å². The van der Waals surface area contributed by atoms with Crippen molar-refractivity contribution in [2.75, 3.05) is 0 Å². The van der Waals surface area contributed by atoms with Crippen molar-refractivity contribution in [2.45, 2.75) is 51.6 Å². The fraction of sp³-hybridized carbons (Fsp3) is 0.400. The molecule has 0 bridgehead atoms. The molecule has 22 heavy (non-hydrogen) atoms. The molecule has 1 N–H and O–H groups in total. The molecule has 0 heterocycles. The molecule has 0 spiro atoms. The van der Waals surface area contributed by atoms with E-state index in [1.165, 1.54) is 19.3 Å². The average molecular weight is 298 g/mol. The second-order valence-electron chi connectivity index (χ2n) is 5.97. The Kier molecular flexibility index (Phi) is 5.88. The quantitative estimate of drug-likeness (QED) is 0.637. The van der Waals surface area contributed by atoms with E-state index in [-0.39, 0.29) is 0 Å². The van der Waals surface area contributed by atoms with Gasteiger partial charge in [0.2, 0.25) is 0 Å². The number of aromatic hydroxyl groups is 1. The van der Waals surface area contributed by atoms with Crippen LogP contribution in [0.25, 0.3) is 0 Å². The predicted molar refractivity (Wildman–Crippen MR) is 91.3 cm³/mol. The summed E-state index contributed by atoms with van der Waals surface area (Å²) in [7, 11) is 0. The predicted octanol–water partition coefficient (Wildman–Crippen LogP) is 5.66. The molecule has 1 unspecified atom stereocenters. The zero-order chi connectivity index (χ0) is 15.8. The highest BCUT2D eigenvalue weighted by Crippen LogP contribution is 2.37. The van der Waals surface area contributed by atoms with E-state index in [0.717, 1.165) is 24.2 Å². The Balaban J connectivity index is 2.21. The van der Waals surface area contributed by atoms with Crippen molar-refractivity contribution in [3.8, 4) is 11.5 Å². The smallest absolute Gasteiger partial charge is 0.135 e. The standard InChI is InChI=1S/C20H26O2/c1-3-4-5-11-16-20(2,18-14-9-10-15-19(18)21)22-17-12-7-6-8-13-17/h6-10,12-15,21H,3-5,11,16H2,1-2H3. The van der Waals surface area contributed by atoms with Gasteiger partial charge in [-0.3, -0.25) is 0 Å². The van der Waals surface area contributed by atoms with E-state index < -0.39 is 5.60 Å². The molecule has 0 aliphatic heterocycles. The van der Waals surface area contributed by atoms with E-state index in [1.807, 2.05) is 48.5 Å². The molecule has 2 nitrogen and oxygen atoms in total. The van der Waals surface area contributed by atoms with Gasteiger partial charge in [-0.25, -0.2) is 0 Å². The maximum atomic E-state index is 10.2. The van der Waals surface area contributed by atoms with Crippen LogP contribution >= 0.6 is 0 Å². The molecule has 2 aromatic rings. The summed E-state index contributed by atoms with van der Waals surface area (Å²) in [5.74, 6) is 1.14. The third kappa shape index (κ3) is 4.27. The third-order valence-corrected chi connectivity index (χ3v) is 4.07. The maximum absolute atomic E-state index is 10.2. The fourth-order valence-corrected chi connectivity index (χ4v) is 2.80. The van der Waals surface area contributed by atoms with Gasteiger partial charge in [0.25, 0.3) is 0 Å². The number of hydrogen-bond acceptors (Lipinski definition) is 2. The molecule has 1 atom stereocenters. The zero-order valence-corrected chi connectivity index (χ0v) is 13.6. The summed E-state index contributed by atoms with van der Waals surface area (Å²) in [5.41, 5.74) is 0.343. The number of benzene rings is 2. The van der Waals surface area contributed by atoms with Gasteiger partial charge in [0.15, 0.2) is 0 Å². The van der Waals surface area contributed by atoms with Crippen LogP contribution < -0.4 is 4.74 Å². The molecule has 2 heteroatoms. The number of rotatable bonds is 8. The first-order valence-electron chi connectivity index (χ1n) is 8.18. The highest BCUT2D eigenvalue weighted by molar-refractivity contribution is 5.38. The van der Waals surface area contributed by atoms with Crippen molar-refractivity contribution >= 4 is 0 Å². The number of ether oxygens (including phenoxy) is 1. The Morgan fingerprint density at radius 3 is 2.27 bits per heavy atom. The van der Waals surface area contributed by atoms with Crippen molar-refractivity contribution in [3.05, 3.63) is 60.2 Å². The molecule has 0 fully saturated rings. The topological polar surface area (TPSA) is 29.5 Å². The molecular weight excluding hydrogens is 272 g/mol. The molecule has 0 radical (unpaired) electrons. The Bertz CT molecular complexity index is 565. The van der Waals surface area contributed by atoms with Crippen LogP contribution in [0.5, 0.6) is 11.5 Å². The highest BCUT2D eigenvalue weighted by Gasteiger charge is 2.31. The number of hydrogen-bond donors (Lipinski definition) is 1. The highest BCUT2D eigenvalue weighted by atomic mass is 16.5. The van der Waals surface area contributed by atoms with Gasteiger partial charge in [0.05, 0.1) is 0 Å². The lowest BCUT2D eigenvalue weighted by Crippen LogP contribution is -2.29. The minimum absolute atomic E-state index is 0.302. The van der Waals surface area contributed by atoms with Crippen LogP contribution in [0, 0.1) is 0 Å². The van der Waals surface area contributed by atoms with Gasteiger partial charge in [0, 0.05) is 5.56 Å². The van der Waals surface area contributed by atoms with Crippen LogP contribution in [0.2, 0.25) is 0 Å². The second-order valence-corrected chi connectivity index (χ2v) is 5.97. The van der Waals surface area contributed by atoms with Crippen molar-refractivity contribution in [2.24, 2.45) is 0 Å². The first kappa shape index (κ1) is 16.4. The van der Waals surface area contributed by atoms with Crippen molar-refractivity contribution < 1.29 is 9.84 Å². The van der Waals surface area contributed by atoms with E-state index in [2.05, 4.69) is 13.8 Å². The van der Waals surface area contributed by atoms with Crippen molar-refractivity contribution in [1.82, 2.24) is 0 Å². The second kappa shape index (κ2) is 7.88. The first-order valence-corrected chi connectivity index (χ1v) is 8.18. The third-order valence-electron chi connectivity index (χ3n) is 4.07. The molecule has 0 saturated heterocycles. The summed E-state index contributed by atoms with van der Waals surface area (Å²) in [6, 6.07) is 17.3. The van der Waals surface area contributed by atoms with Crippen LogP contribution in [0.3, 0.4) is 0 Å². The maximum Gasteiger partial charge on any atom is 0.135 e. The first-order chi connectivity index (χ1) is 10.7. The van der Waals surface area contributed by atoms with Gasteiger partial charge < -0.3 is 9.84 Å². The normalized spacial score (nSPS) is 13.5. The van der Waals surface area contributed by atoms with Crippen LogP contribution in [-0.4, -0.2) is 5.11 Å². The van der Waals surface area contributed by atoms with Crippen LogP contribution in [-0.2, 0) is 5.60 Å². The lowest BCUT2D eigenvalue weighted by Gasteiger charge is -2.32. The Labute approximate surface area is 133 Å². The zero-order valence-electron chi connectivity index (χ0n) is 13.6. The molecule has 0 aliphatic carbocycles. The van der Waals surface area contributed by atoms with Gasteiger partial charge >= 0.3 is 0 Å². The summed E-state index contributed by atoms with van der Waals surface area (Å²) in [6.07, 6.45) is 5.62. The van der Waals surface area contributed by atoms with Gasteiger partial charge in [-0.05, 0) is 38.0 Å². The fourth-order valence-electron chi connectivity index (χ4n) is 2.80. The molecule has 0 saturated carbocycles. The van der Waals surface area contributed by atoms with Gasteiger partial charge in [-0.2, -0.15) is 0 Å². The summed E-state index contributed by atoms with van der Waals surface area (Å²) < 4.78 is 6.29. The van der Waals surface area contributed by atoms with Crippen LogP contribution in [0.4, 0.5) is 0 Å². The SMILES string of the molecule is CCCCCCC(C)(Oc1ccccc1)c1ccccc1O. The monoisotopic (exact) mass is 298 g/mol. The summed E-state index contributed by atoms with van der Waals surface area (Å²) in [6.45, 7) is 4.28. The van der Waals surface area contributed by atoms with Crippen molar-refractivity contribution in [3.63, 3.8) is 0 Å². The molecule has 2 aromatic carbocycles. The minimum atomic E-state index is -0.513. The van der Waals surface area contributed by atoms with Gasteiger partial charge in [0.1, 0.15) is 17.1 Å². The largest absolute Gasteiger partial charge is 0.508 e. The van der Waals surface area contributed by atoms with Crippen molar-refractivity contribution in [1.29, 1.82) is 0 Å². The summed E-state index contributed by atoms with van der Waals surface area (Å²) >= 11 is 0. The lowest BCUT2D eigenvalue weighted by molar-refractivity contribution is 0.0711. The molecule has 0 amide bonds. The van der Waals surface area contributed by atoms with E-state index in [0.29, 0.717) is 5.75 Å². The Morgan fingerprint density at radius 1 is 0.909 bits per heavy atom. The van der Waals surface area contributed by atoms with E-state index in [4.69, 9.17) is 4.74 Å². The average Bonchev–Trinajstić information content (AvgIpc) is 2.53. The number of phenols is 1. The van der Waals surface area contributed by atoms with E-state index in [1.54, 1.807) is 6.07 Å². The Morgan fingerprint density at radius 2 is 1.59 bits per heavy atom. The van der Waals surface area contributed by atoms with Crippen LogP contribution in [0.1, 0.15) is 51.5 Å². The molecule has 2 rings (SSSR count). The minimum Gasteiger partial charge on any atom is -0.508 e. The van der Waals surface area contributed by atoms with Gasteiger partial charge in [-0.15, -0.1) is 0 Å².